The highest BCUT2D eigenvalue weighted by molar-refractivity contribution is 5.99. The maximum Gasteiger partial charge on any atom is 0.249 e. The minimum atomic E-state index is -1.18. The third-order valence-electron chi connectivity index (χ3n) is 8.09. The number of aliphatic hydroxyl groups excluding tert-OH is 1. The van der Waals surface area contributed by atoms with Crippen LogP contribution in [-0.2, 0) is 25.7 Å². The van der Waals surface area contributed by atoms with E-state index in [9.17, 15) is 19.5 Å². The molecule has 4 aliphatic heterocycles. The van der Waals surface area contributed by atoms with Crippen LogP contribution in [0.1, 0.15) is 38.2 Å². The molecule has 3 amide bonds. The smallest absolute Gasteiger partial charge is 0.249 e. The third-order valence-corrected chi connectivity index (χ3v) is 8.09. The van der Waals surface area contributed by atoms with E-state index in [0.29, 0.717) is 45.6 Å². The summed E-state index contributed by atoms with van der Waals surface area (Å²) in [4.78, 5) is 47.3. The van der Waals surface area contributed by atoms with Gasteiger partial charge in [0.25, 0.3) is 0 Å². The second-order valence-corrected chi connectivity index (χ2v) is 10.5. The van der Waals surface area contributed by atoms with Crippen LogP contribution in [0.5, 0.6) is 0 Å². The van der Waals surface area contributed by atoms with Gasteiger partial charge in [0.05, 0.1) is 17.9 Å². The second-order valence-electron chi connectivity index (χ2n) is 10.5. The van der Waals surface area contributed by atoms with Crippen LogP contribution in [0, 0.1) is 11.8 Å². The van der Waals surface area contributed by atoms with Gasteiger partial charge in [-0.1, -0.05) is 61.6 Å². The molecule has 1 unspecified atom stereocenters. The first kappa shape index (κ1) is 25.7. The lowest BCUT2D eigenvalue weighted by atomic mass is 9.77. The summed E-state index contributed by atoms with van der Waals surface area (Å²) in [5.41, 5.74) is -0.164. The Labute approximate surface area is 218 Å². The Bertz CT molecular complexity index is 1070. The van der Waals surface area contributed by atoms with E-state index < -0.39 is 29.6 Å². The van der Waals surface area contributed by atoms with Crippen molar-refractivity contribution in [2.45, 2.75) is 56.9 Å². The van der Waals surface area contributed by atoms with Gasteiger partial charge >= 0.3 is 0 Å². The Morgan fingerprint density at radius 1 is 0.946 bits per heavy atom. The molecule has 0 aliphatic carbocycles. The topological polar surface area (TPSA) is 90.4 Å². The Hall–Kier alpha value is -2.97. The molecular weight excluding hydrogens is 470 g/mol. The molecule has 0 saturated carbocycles. The number of hydrogen-bond donors (Lipinski definition) is 1. The molecule has 37 heavy (non-hydrogen) atoms. The zero-order valence-corrected chi connectivity index (χ0v) is 21.5. The lowest BCUT2D eigenvalue weighted by molar-refractivity contribution is -0.148. The number of unbranched alkanes of at least 4 members (excludes halogenated alkanes) is 2. The van der Waals surface area contributed by atoms with E-state index in [1.165, 1.54) is 0 Å². The fourth-order valence-corrected chi connectivity index (χ4v) is 6.46. The summed E-state index contributed by atoms with van der Waals surface area (Å²) >= 11 is 0. The largest absolute Gasteiger partial charge is 0.396 e. The van der Waals surface area contributed by atoms with Crippen LogP contribution >= 0.6 is 0 Å². The van der Waals surface area contributed by atoms with Crippen molar-refractivity contribution in [2.24, 2.45) is 11.8 Å². The van der Waals surface area contributed by atoms with Gasteiger partial charge in [0.2, 0.25) is 17.7 Å². The molecule has 0 aromatic heterocycles. The van der Waals surface area contributed by atoms with Gasteiger partial charge in [-0.25, -0.2) is 0 Å². The summed E-state index contributed by atoms with van der Waals surface area (Å²) in [5, 5.41) is 9.22. The number of carbonyl (C=O) groups excluding carboxylic acids is 3. The quantitative estimate of drug-likeness (QED) is 0.409. The normalized spacial score (nSPS) is 30.9. The van der Waals surface area contributed by atoms with Crippen LogP contribution in [0.2, 0.25) is 0 Å². The zero-order valence-electron chi connectivity index (χ0n) is 21.5. The van der Waals surface area contributed by atoms with Crippen molar-refractivity contribution in [2.75, 3.05) is 32.8 Å². The predicted octanol–water partition coefficient (Wildman–Crippen LogP) is 2.14. The summed E-state index contributed by atoms with van der Waals surface area (Å²) in [6.45, 7) is 4.49. The fraction of sp³-hybridized carbons (Fsp3) is 0.552. The van der Waals surface area contributed by atoms with Gasteiger partial charge in [-0.3, -0.25) is 14.4 Å². The standard InChI is InChI=1S/C29H37N3O5/c1-2-15-30-16-9-13-22-23(26(30)34)24-27(35)32(18-7-4-8-19-33)25-28(36)31(17-10-14-29(24,25)37-22)20-21-11-5-3-6-12-21/h3,5-6,9-14,22-25,33H,2,4,7-8,15-20H2,1H3/t22-,23+,24+,25?,29+/m1/s1. The van der Waals surface area contributed by atoms with Gasteiger partial charge in [-0.05, 0) is 31.2 Å². The Morgan fingerprint density at radius 3 is 2.49 bits per heavy atom. The van der Waals surface area contributed by atoms with Crippen molar-refractivity contribution in [3.63, 3.8) is 0 Å². The molecule has 4 heterocycles. The van der Waals surface area contributed by atoms with Gasteiger partial charge in [-0.2, -0.15) is 0 Å². The molecule has 1 N–H and O–H groups in total. The molecule has 5 rings (SSSR count). The van der Waals surface area contributed by atoms with E-state index in [-0.39, 0.29) is 24.3 Å². The number of fused-ring (bicyclic) bond motifs is 2. The molecule has 1 aromatic rings. The first-order valence-corrected chi connectivity index (χ1v) is 13.6. The minimum Gasteiger partial charge on any atom is -0.396 e. The van der Waals surface area contributed by atoms with Gasteiger partial charge in [0.15, 0.2) is 0 Å². The molecule has 2 saturated heterocycles. The monoisotopic (exact) mass is 507 g/mol. The van der Waals surface area contributed by atoms with E-state index in [4.69, 9.17) is 4.74 Å². The van der Waals surface area contributed by atoms with E-state index in [1.807, 2.05) is 61.6 Å². The number of hydrogen-bond acceptors (Lipinski definition) is 5. The van der Waals surface area contributed by atoms with E-state index in [1.54, 1.807) is 14.7 Å². The number of carbonyl (C=O) groups is 3. The minimum absolute atomic E-state index is 0.0702. The van der Waals surface area contributed by atoms with E-state index in [2.05, 4.69) is 0 Å². The van der Waals surface area contributed by atoms with Crippen molar-refractivity contribution in [3.05, 3.63) is 60.2 Å². The molecule has 4 aliphatic rings. The van der Waals surface area contributed by atoms with Crippen LogP contribution in [0.25, 0.3) is 0 Å². The van der Waals surface area contributed by atoms with Crippen LogP contribution in [-0.4, -0.2) is 88.1 Å². The molecule has 5 atom stereocenters. The molecule has 0 bridgehead atoms. The number of likely N-dealkylation sites (tertiary alicyclic amines) is 1. The van der Waals surface area contributed by atoms with Crippen molar-refractivity contribution in [1.29, 1.82) is 0 Å². The summed E-state index contributed by atoms with van der Waals surface area (Å²) in [5.74, 6) is -1.79. The Morgan fingerprint density at radius 2 is 1.73 bits per heavy atom. The molecule has 1 spiro atoms. The van der Waals surface area contributed by atoms with Crippen LogP contribution in [0.4, 0.5) is 0 Å². The molecule has 0 radical (unpaired) electrons. The fourth-order valence-electron chi connectivity index (χ4n) is 6.46. The highest BCUT2D eigenvalue weighted by Crippen LogP contribution is 2.53. The number of ether oxygens (including phenoxy) is 1. The number of rotatable bonds is 9. The van der Waals surface area contributed by atoms with Crippen molar-refractivity contribution in [3.8, 4) is 0 Å². The van der Waals surface area contributed by atoms with E-state index >= 15 is 0 Å². The Balaban J connectivity index is 1.51. The number of benzene rings is 1. The Kier molecular flexibility index (Phi) is 7.49. The van der Waals surface area contributed by atoms with Crippen molar-refractivity contribution in [1.82, 2.24) is 14.7 Å². The summed E-state index contributed by atoms with van der Waals surface area (Å²) in [6, 6.07) is 9.00. The average molecular weight is 508 g/mol. The summed E-state index contributed by atoms with van der Waals surface area (Å²) < 4.78 is 6.66. The second kappa shape index (κ2) is 10.8. The highest BCUT2D eigenvalue weighted by atomic mass is 16.5. The van der Waals surface area contributed by atoms with Crippen LogP contribution in [0.3, 0.4) is 0 Å². The summed E-state index contributed by atoms with van der Waals surface area (Å²) in [6.07, 6.45) is 10.0. The van der Waals surface area contributed by atoms with E-state index in [0.717, 1.165) is 18.4 Å². The maximum absolute atomic E-state index is 14.2. The predicted molar refractivity (Wildman–Crippen MR) is 138 cm³/mol. The zero-order chi connectivity index (χ0) is 26.0. The molecule has 8 heteroatoms. The van der Waals surface area contributed by atoms with Gasteiger partial charge in [0, 0.05) is 39.3 Å². The first-order chi connectivity index (χ1) is 18.0. The SMILES string of the molecule is CCCN1CC=C[C@H]2O[C@]34C=CCN(Cc5ccccc5)C(=O)C3N(CCCCCO)C(=O)[C@@H]4[C@H]2C1=O. The molecule has 1 aromatic carbocycles. The molecule has 198 valence electrons. The highest BCUT2D eigenvalue weighted by Gasteiger charge is 2.71. The van der Waals surface area contributed by atoms with Gasteiger partial charge in [0.1, 0.15) is 11.6 Å². The van der Waals surface area contributed by atoms with Gasteiger partial charge < -0.3 is 24.5 Å². The lowest BCUT2D eigenvalue weighted by Gasteiger charge is -2.35. The van der Waals surface area contributed by atoms with Gasteiger partial charge in [-0.15, -0.1) is 0 Å². The molecular formula is C29H37N3O5. The average Bonchev–Trinajstić information content (AvgIpc) is 3.22. The summed E-state index contributed by atoms with van der Waals surface area (Å²) in [7, 11) is 0. The maximum atomic E-state index is 14.2. The number of nitrogens with zero attached hydrogens (tertiary/aromatic N) is 3. The molecule has 8 nitrogen and oxygen atoms in total. The van der Waals surface area contributed by atoms with Crippen molar-refractivity contribution >= 4 is 17.7 Å². The number of amides is 3. The first-order valence-electron chi connectivity index (χ1n) is 13.6. The van der Waals surface area contributed by atoms with Crippen LogP contribution < -0.4 is 0 Å². The van der Waals surface area contributed by atoms with Crippen LogP contribution in [0.15, 0.2) is 54.6 Å². The van der Waals surface area contributed by atoms with Crippen molar-refractivity contribution < 1.29 is 24.2 Å². The third kappa shape index (κ3) is 4.50. The lowest BCUT2D eigenvalue weighted by Crippen LogP contribution is -2.55. The number of aliphatic hydroxyl groups is 1. The molecule has 2 fully saturated rings.